The maximum atomic E-state index is 10.7. The summed E-state index contributed by atoms with van der Waals surface area (Å²) in [5, 5.41) is 20.0. The normalized spacial score (nSPS) is 28.8. The summed E-state index contributed by atoms with van der Waals surface area (Å²) in [4.78, 5) is 1.03. The first-order valence-corrected chi connectivity index (χ1v) is 9.45. The molecule has 5 nitrogen and oxygen atoms in total. The minimum atomic E-state index is -0.948. The van der Waals surface area contributed by atoms with Crippen LogP contribution in [-0.4, -0.2) is 53.8 Å². The van der Waals surface area contributed by atoms with E-state index < -0.39 is 24.6 Å². The van der Waals surface area contributed by atoms with Gasteiger partial charge in [-0.05, 0) is 17.7 Å². The van der Waals surface area contributed by atoms with E-state index in [1.165, 1.54) is 0 Å². The van der Waals surface area contributed by atoms with Crippen LogP contribution in [0.25, 0.3) is 0 Å². The van der Waals surface area contributed by atoms with Crippen LogP contribution >= 0.6 is 11.8 Å². The zero-order chi connectivity index (χ0) is 18.4. The number of aliphatic hydroxyl groups excluding tert-OH is 2. The Morgan fingerprint density at radius 1 is 1.04 bits per heavy atom. The lowest BCUT2D eigenvalue weighted by Gasteiger charge is -2.43. The highest BCUT2D eigenvalue weighted by Crippen LogP contribution is 2.36. The van der Waals surface area contributed by atoms with Crippen LogP contribution in [0.4, 0.5) is 0 Å². The summed E-state index contributed by atoms with van der Waals surface area (Å²) in [5.41, 5.74) is 1.02. The number of ether oxygens (including phenoxy) is 3. The molecule has 0 aromatic heterocycles. The molecule has 140 valence electrons. The fourth-order valence-electron chi connectivity index (χ4n) is 2.97. The van der Waals surface area contributed by atoms with Gasteiger partial charge in [-0.15, -0.1) is 11.8 Å². The minimum absolute atomic E-state index is 0.274. The molecule has 0 saturated carbocycles. The Labute approximate surface area is 157 Å². The molecule has 0 aliphatic carbocycles. The molecule has 5 atom stereocenters. The number of aliphatic hydroxyl groups is 2. The highest BCUT2D eigenvalue weighted by Gasteiger charge is 2.46. The molecule has 2 aromatic rings. The third-order valence-corrected chi connectivity index (χ3v) is 5.64. The highest BCUT2D eigenvalue weighted by atomic mass is 32.2. The van der Waals surface area contributed by atoms with Crippen molar-refractivity contribution in [3.05, 3.63) is 66.2 Å². The van der Waals surface area contributed by atoms with Gasteiger partial charge in [0.05, 0.1) is 18.5 Å². The second kappa shape index (κ2) is 9.50. The van der Waals surface area contributed by atoms with Crippen molar-refractivity contribution in [3.8, 4) is 0 Å². The minimum Gasteiger partial charge on any atom is -0.394 e. The lowest BCUT2D eigenvalue weighted by atomic mass is 10.0. The van der Waals surface area contributed by atoms with E-state index in [4.69, 9.17) is 14.2 Å². The third kappa shape index (κ3) is 4.65. The van der Waals surface area contributed by atoms with E-state index in [0.29, 0.717) is 6.61 Å². The molecule has 0 amide bonds. The monoisotopic (exact) mass is 376 g/mol. The summed E-state index contributed by atoms with van der Waals surface area (Å²) in [6, 6.07) is 19.7. The fourth-order valence-corrected chi connectivity index (χ4v) is 4.26. The molecule has 2 N–H and O–H groups in total. The highest BCUT2D eigenvalue weighted by molar-refractivity contribution is 8.00. The van der Waals surface area contributed by atoms with E-state index in [-0.39, 0.29) is 11.9 Å². The average molecular weight is 376 g/mol. The molecule has 1 aliphatic rings. The number of methoxy groups -OCH3 is 1. The van der Waals surface area contributed by atoms with Gasteiger partial charge in [0.1, 0.15) is 18.3 Å². The Balaban J connectivity index is 1.80. The van der Waals surface area contributed by atoms with Gasteiger partial charge in [-0.2, -0.15) is 0 Å². The van der Waals surface area contributed by atoms with E-state index in [1.807, 2.05) is 60.7 Å². The van der Waals surface area contributed by atoms with E-state index in [2.05, 4.69) is 0 Å². The Hall–Kier alpha value is -1.41. The van der Waals surface area contributed by atoms with Crippen molar-refractivity contribution in [2.75, 3.05) is 13.7 Å². The topological polar surface area (TPSA) is 68.2 Å². The van der Waals surface area contributed by atoms with Crippen LogP contribution in [0.1, 0.15) is 5.56 Å². The van der Waals surface area contributed by atoms with Crippen LogP contribution in [0.15, 0.2) is 65.6 Å². The van der Waals surface area contributed by atoms with Crippen LogP contribution in [0.5, 0.6) is 0 Å². The zero-order valence-electron chi connectivity index (χ0n) is 14.6. The van der Waals surface area contributed by atoms with Gasteiger partial charge in [0.15, 0.2) is 6.29 Å². The number of hydrogen-bond acceptors (Lipinski definition) is 6. The Morgan fingerprint density at radius 2 is 1.69 bits per heavy atom. The third-order valence-electron chi connectivity index (χ3n) is 4.33. The van der Waals surface area contributed by atoms with Crippen molar-refractivity contribution >= 4 is 11.8 Å². The van der Waals surface area contributed by atoms with Gasteiger partial charge >= 0.3 is 0 Å². The smallest absolute Gasteiger partial charge is 0.172 e. The van der Waals surface area contributed by atoms with Gasteiger partial charge in [0.2, 0.25) is 0 Å². The van der Waals surface area contributed by atoms with Gasteiger partial charge < -0.3 is 24.4 Å². The van der Waals surface area contributed by atoms with Crippen LogP contribution in [0, 0.1) is 0 Å². The molecule has 1 fully saturated rings. The maximum Gasteiger partial charge on any atom is 0.172 e. The number of thioether (sulfide) groups is 1. The summed E-state index contributed by atoms with van der Waals surface area (Å²) >= 11 is 1.54. The molecule has 26 heavy (non-hydrogen) atoms. The quantitative estimate of drug-likeness (QED) is 0.774. The average Bonchev–Trinajstić information content (AvgIpc) is 2.69. The first-order valence-electron chi connectivity index (χ1n) is 8.57. The molecular weight excluding hydrogens is 352 g/mol. The van der Waals surface area contributed by atoms with Crippen molar-refractivity contribution < 1.29 is 24.4 Å². The Morgan fingerprint density at radius 3 is 2.31 bits per heavy atom. The van der Waals surface area contributed by atoms with Crippen LogP contribution in [-0.2, 0) is 20.8 Å². The van der Waals surface area contributed by atoms with Crippen molar-refractivity contribution in [2.24, 2.45) is 0 Å². The van der Waals surface area contributed by atoms with E-state index in [1.54, 1.807) is 18.9 Å². The molecule has 0 unspecified atom stereocenters. The van der Waals surface area contributed by atoms with Gasteiger partial charge in [0.25, 0.3) is 0 Å². The van der Waals surface area contributed by atoms with Crippen molar-refractivity contribution in [3.63, 3.8) is 0 Å². The molecule has 0 spiro atoms. The number of rotatable bonds is 7. The summed E-state index contributed by atoms with van der Waals surface area (Å²) in [6.45, 7) is 0.0674. The van der Waals surface area contributed by atoms with E-state index in [0.717, 1.165) is 10.5 Å². The number of benzene rings is 2. The molecule has 1 aliphatic heterocycles. The summed E-state index contributed by atoms with van der Waals surface area (Å²) in [5.74, 6) is 0. The van der Waals surface area contributed by atoms with Gasteiger partial charge in [-0.3, -0.25) is 0 Å². The first-order chi connectivity index (χ1) is 12.7. The summed E-state index contributed by atoms with van der Waals surface area (Å²) in [7, 11) is 1.56. The molecule has 0 radical (unpaired) electrons. The molecule has 3 rings (SSSR count). The first kappa shape index (κ1) is 19.4. The van der Waals surface area contributed by atoms with Gasteiger partial charge in [-0.25, -0.2) is 0 Å². The van der Waals surface area contributed by atoms with Gasteiger partial charge in [-0.1, -0.05) is 48.5 Å². The second-order valence-corrected chi connectivity index (χ2v) is 7.36. The largest absolute Gasteiger partial charge is 0.394 e. The molecule has 2 aromatic carbocycles. The van der Waals surface area contributed by atoms with Crippen LogP contribution in [0.2, 0.25) is 0 Å². The molecule has 6 heteroatoms. The van der Waals surface area contributed by atoms with Crippen molar-refractivity contribution in [1.29, 1.82) is 0 Å². The van der Waals surface area contributed by atoms with Gasteiger partial charge in [0, 0.05) is 12.0 Å². The predicted molar refractivity (Wildman–Crippen MR) is 99.9 cm³/mol. The van der Waals surface area contributed by atoms with E-state index >= 15 is 0 Å². The fraction of sp³-hybridized carbons (Fsp3) is 0.400. The zero-order valence-corrected chi connectivity index (χ0v) is 15.4. The Kier molecular flexibility index (Phi) is 7.07. The molecular formula is C20H24O5S. The maximum absolute atomic E-state index is 10.7. The van der Waals surface area contributed by atoms with Crippen molar-refractivity contribution in [2.45, 2.75) is 41.4 Å². The molecule has 1 saturated heterocycles. The van der Waals surface area contributed by atoms with Crippen LogP contribution < -0.4 is 0 Å². The molecule has 1 heterocycles. The predicted octanol–water partition coefficient (Wildman–Crippen LogP) is 2.46. The lowest BCUT2D eigenvalue weighted by molar-refractivity contribution is -0.253. The second-order valence-electron chi connectivity index (χ2n) is 6.11. The molecule has 0 bridgehead atoms. The summed E-state index contributed by atoms with van der Waals surface area (Å²) in [6.07, 6.45) is -2.83. The number of hydrogen-bond donors (Lipinski definition) is 2. The standard InChI is InChI=1S/C20H24O5S/c1-23-20-19(26-15-10-6-3-7-11-15)18(17(22)16(12-21)25-20)24-13-14-8-4-2-5-9-14/h2-11,16-22H,12-13H2,1H3/t16-,17-,18-,19+,20+/m1/s1. The van der Waals surface area contributed by atoms with Crippen molar-refractivity contribution in [1.82, 2.24) is 0 Å². The van der Waals surface area contributed by atoms with Crippen LogP contribution in [0.3, 0.4) is 0 Å². The SMILES string of the molecule is CO[C@H]1O[C@H](CO)[C@@H](O)[C@@H](OCc2ccccc2)[C@@H]1Sc1ccccc1. The Bertz CT molecular complexity index is 654. The lowest BCUT2D eigenvalue weighted by Crippen LogP contribution is -2.58. The summed E-state index contributed by atoms with van der Waals surface area (Å²) < 4.78 is 17.3. The van der Waals surface area contributed by atoms with E-state index in [9.17, 15) is 10.2 Å².